The predicted molar refractivity (Wildman–Crippen MR) is 58.6 cm³/mol. The summed E-state index contributed by atoms with van der Waals surface area (Å²) < 4.78 is 10.1. The normalized spacial score (nSPS) is 9.94. The highest BCUT2D eigenvalue weighted by molar-refractivity contribution is 5.79. The predicted octanol–water partition coefficient (Wildman–Crippen LogP) is 1.83. The van der Waals surface area contributed by atoms with E-state index in [-0.39, 0.29) is 12.7 Å². The van der Waals surface area contributed by atoms with Crippen molar-refractivity contribution < 1.29 is 19.1 Å². The van der Waals surface area contributed by atoms with Crippen molar-refractivity contribution in [3.8, 4) is 5.75 Å². The maximum Gasteiger partial charge on any atom is 0.344 e. The van der Waals surface area contributed by atoms with Gasteiger partial charge in [-0.15, -0.1) is 0 Å². The van der Waals surface area contributed by atoms with Gasteiger partial charge in [0.25, 0.3) is 0 Å². The molecule has 0 fully saturated rings. The number of para-hydroxylation sites is 1. The van der Waals surface area contributed by atoms with Gasteiger partial charge in [-0.25, -0.2) is 4.79 Å². The highest BCUT2D eigenvalue weighted by Gasteiger charge is 2.08. The molecule has 0 amide bonds. The maximum absolute atomic E-state index is 11.2. The van der Waals surface area contributed by atoms with Crippen molar-refractivity contribution in [2.24, 2.45) is 0 Å². The lowest BCUT2D eigenvalue weighted by Crippen LogP contribution is -2.19. The molecule has 16 heavy (non-hydrogen) atoms. The Labute approximate surface area is 94.2 Å². The minimum atomic E-state index is -0.448. The van der Waals surface area contributed by atoms with Gasteiger partial charge in [0, 0.05) is 0 Å². The molecular weight excluding hydrogens is 208 g/mol. The monoisotopic (exact) mass is 222 g/mol. The summed E-state index contributed by atoms with van der Waals surface area (Å²) in [6.45, 7) is 3.33. The van der Waals surface area contributed by atoms with Crippen LogP contribution in [0.5, 0.6) is 5.75 Å². The number of benzene rings is 1. The number of ether oxygens (including phenoxy) is 2. The zero-order valence-corrected chi connectivity index (χ0v) is 9.30. The lowest BCUT2D eigenvalue weighted by Gasteiger charge is -2.10. The van der Waals surface area contributed by atoms with Gasteiger partial charge in [0.2, 0.25) is 0 Å². The van der Waals surface area contributed by atoms with E-state index >= 15 is 0 Å². The van der Waals surface area contributed by atoms with Crippen LogP contribution in [-0.4, -0.2) is 25.0 Å². The van der Waals surface area contributed by atoms with Gasteiger partial charge in [-0.3, -0.25) is 4.79 Å². The molecule has 0 unspecified atom stereocenters. The first-order chi connectivity index (χ1) is 7.63. The number of aldehydes is 1. The molecule has 1 aromatic rings. The minimum Gasteiger partial charge on any atom is -0.481 e. The topological polar surface area (TPSA) is 52.6 Å². The van der Waals surface area contributed by atoms with E-state index in [1.54, 1.807) is 38.1 Å². The van der Waals surface area contributed by atoms with E-state index in [2.05, 4.69) is 0 Å². The Hall–Kier alpha value is -1.84. The summed E-state index contributed by atoms with van der Waals surface area (Å²) in [4.78, 5) is 21.8. The van der Waals surface area contributed by atoms with Gasteiger partial charge >= 0.3 is 5.97 Å². The average molecular weight is 222 g/mol. The van der Waals surface area contributed by atoms with Crippen molar-refractivity contribution in [3.63, 3.8) is 0 Å². The largest absolute Gasteiger partial charge is 0.481 e. The summed E-state index contributed by atoms with van der Waals surface area (Å²) in [5, 5.41) is 0. The Bertz CT molecular complexity index is 371. The summed E-state index contributed by atoms with van der Waals surface area (Å²) in [5.41, 5.74) is 0.417. The Kier molecular flexibility index (Phi) is 4.51. The zero-order chi connectivity index (χ0) is 12.0. The number of hydrogen-bond donors (Lipinski definition) is 0. The molecule has 0 saturated heterocycles. The fourth-order valence-corrected chi connectivity index (χ4v) is 1.14. The molecular formula is C12H14O4. The molecule has 0 aliphatic rings. The van der Waals surface area contributed by atoms with Gasteiger partial charge in [-0.1, -0.05) is 12.1 Å². The van der Waals surface area contributed by atoms with Crippen molar-refractivity contribution in [1.82, 2.24) is 0 Å². The third kappa shape index (κ3) is 3.73. The van der Waals surface area contributed by atoms with Crippen LogP contribution in [0.1, 0.15) is 24.2 Å². The van der Waals surface area contributed by atoms with E-state index in [4.69, 9.17) is 9.47 Å². The van der Waals surface area contributed by atoms with Crippen molar-refractivity contribution >= 4 is 12.3 Å². The molecule has 0 bridgehead atoms. The van der Waals surface area contributed by atoms with Crippen LogP contribution in [0.3, 0.4) is 0 Å². The quantitative estimate of drug-likeness (QED) is 0.563. The summed E-state index contributed by atoms with van der Waals surface area (Å²) in [7, 11) is 0. The van der Waals surface area contributed by atoms with Crippen LogP contribution in [-0.2, 0) is 9.53 Å². The average Bonchev–Trinajstić information content (AvgIpc) is 2.26. The molecule has 0 aliphatic heterocycles. The summed E-state index contributed by atoms with van der Waals surface area (Å²) in [6.07, 6.45) is 0.515. The van der Waals surface area contributed by atoms with Gasteiger partial charge in [-0.05, 0) is 26.0 Å². The molecule has 0 saturated carbocycles. The van der Waals surface area contributed by atoms with Crippen LogP contribution in [0.25, 0.3) is 0 Å². The first-order valence-corrected chi connectivity index (χ1v) is 5.00. The van der Waals surface area contributed by atoms with Crippen LogP contribution in [0.15, 0.2) is 24.3 Å². The van der Waals surface area contributed by atoms with Gasteiger partial charge in [0.05, 0.1) is 11.7 Å². The first kappa shape index (κ1) is 12.2. The Morgan fingerprint density at radius 2 is 2.06 bits per heavy atom. The van der Waals surface area contributed by atoms with Crippen LogP contribution in [0, 0.1) is 0 Å². The fourth-order valence-electron chi connectivity index (χ4n) is 1.14. The summed E-state index contributed by atoms with van der Waals surface area (Å²) in [5.74, 6) is -0.0612. The first-order valence-electron chi connectivity index (χ1n) is 5.00. The van der Waals surface area contributed by atoms with Crippen LogP contribution in [0.2, 0.25) is 0 Å². The Balaban J connectivity index is 2.54. The van der Waals surface area contributed by atoms with E-state index in [1.807, 2.05) is 0 Å². The van der Waals surface area contributed by atoms with Gasteiger partial charge < -0.3 is 9.47 Å². The standard InChI is InChI=1S/C12H14O4/c1-9(2)16-12(14)8-15-11-6-4-3-5-10(11)7-13/h3-7,9H,8H2,1-2H3. The second-order valence-electron chi connectivity index (χ2n) is 3.48. The second kappa shape index (κ2) is 5.90. The third-order valence-electron chi connectivity index (χ3n) is 1.76. The lowest BCUT2D eigenvalue weighted by molar-refractivity contribution is -0.149. The molecule has 0 aliphatic carbocycles. The highest BCUT2D eigenvalue weighted by atomic mass is 16.6. The number of carbonyl (C=O) groups excluding carboxylic acids is 2. The molecule has 0 atom stereocenters. The molecule has 4 nitrogen and oxygen atoms in total. The molecule has 86 valence electrons. The van der Waals surface area contributed by atoms with Gasteiger partial charge in [0.15, 0.2) is 12.9 Å². The van der Waals surface area contributed by atoms with Crippen LogP contribution in [0.4, 0.5) is 0 Å². The van der Waals surface area contributed by atoms with E-state index in [0.29, 0.717) is 17.6 Å². The lowest BCUT2D eigenvalue weighted by atomic mass is 10.2. The fraction of sp³-hybridized carbons (Fsp3) is 0.333. The molecule has 0 radical (unpaired) electrons. The SMILES string of the molecule is CC(C)OC(=O)COc1ccccc1C=O. The molecule has 1 aromatic carbocycles. The maximum atomic E-state index is 11.2. The number of hydrogen-bond acceptors (Lipinski definition) is 4. The number of rotatable bonds is 5. The molecule has 0 aromatic heterocycles. The van der Waals surface area contributed by atoms with Crippen molar-refractivity contribution in [3.05, 3.63) is 29.8 Å². The van der Waals surface area contributed by atoms with Crippen molar-refractivity contribution in [2.45, 2.75) is 20.0 Å². The van der Waals surface area contributed by atoms with E-state index in [0.717, 1.165) is 0 Å². The van der Waals surface area contributed by atoms with Crippen LogP contribution >= 0.6 is 0 Å². The van der Waals surface area contributed by atoms with Crippen molar-refractivity contribution in [2.75, 3.05) is 6.61 Å². The Morgan fingerprint density at radius 3 is 2.69 bits per heavy atom. The number of esters is 1. The van der Waals surface area contributed by atoms with Crippen molar-refractivity contribution in [1.29, 1.82) is 0 Å². The molecule has 1 rings (SSSR count). The van der Waals surface area contributed by atoms with Crippen LogP contribution < -0.4 is 4.74 Å². The van der Waals surface area contributed by atoms with Gasteiger partial charge in [0.1, 0.15) is 5.75 Å². The summed E-state index contributed by atoms with van der Waals surface area (Å²) in [6, 6.07) is 6.71. The number of carbonyl (C=O) groups is 2. The van der Waals surface area contributed by atoms with E-state index in [1.165, 1.54) is 0 Å². The highest BCUT2D eigenvalue weighted by Crippen LogP contribution is 2.15. The summed E-state index contributed by atoms with van der Waals surface area (Å²) >= 11 is 0. The van der Waals surface area contributed by atoms with E-state index < -0.39 is 5.97 Å². The van der Waals surface area contributed by atoms with E-state index in [9.17, 15) is 9.59 Å². The Morgan fingerprint density at radius 1 is 1.38 bits per heavy atom. The molecule has 4 heteroatoms. The third-order valence-corrected chi connectivity index (χ3v) is 1.76. The molecule has 0 spiro atoms. The minimum absolute atomic E-state index is 0.169. The molecule has 0 heterocycles. The smallest absolute Gasteiger partial charge is 0.344 e. The zero-order valence-electron chi connectivity index (χ0n) is 9.30. The molecule has 0 N–H and O–H groups in total. The second-order valence-corrected chi connectivity index (χ2v) is 3.48. The van der Waals surface area contributed by atoms with Gasteiger partial charge in [-0.2, -0.15) is 0 Å².